The van der Waals surface area contributed by atoms with E-state index in [4.69, 9.17) is 16.7 Å². The fourth-order valence-corrected chi connectivity index (χ4v) is 2.41. The van der Waals surface area contributed by atoms with Crippen molar-refractivity contribution in [3.63, 3.8) is 0 Å². The van der Waals surface area contributed by atoms with Crippen molar-refractivity contribution in [2.75, 3.05) is 32.0 Å². The average Bonchev–Trinajstić information content (AvgIpc) is 2.50. The van der Waals surface area contributed by atoms with Gasteiger partial charge in [0, 0.05) is 41.9 Å². The average molecular weight is 330 g/mol. The molecule has 0 bridgehead atoms. The summed E-state index contributed by atoms with van der Waals surface area (Å²) in [5.41, 5.74) is 0. The van der Waals surface area contributed by atoms with Crippen molar-refractivity contribution in [1.29, 1.82) is 0 Å². The molecule has 0 aliphatic heterocycles. The first-order chi connectivity index (χ1) is 10.2. The van der Waals surface area contributed by atoms with Crippen LogP contribution in [0.2, 0.25) is 5.02 Å². The quantitative estimate of drug-likeness (QED) is 0.297. The van der Waals surface area contributed by atoms with Crippen LogP contribution in [0.3, 0.4) is 0 Å². The summed E-state index contributed by atoms with van der Waals surface area (Å²) in [6.07, 6.45) is 0. The molecule has 0 amide bonds. The topological polar surface area (TPSA) is 56.7 Å². The van der Waals surface area contributed by atoms with Gasteiger partial charge in [0.25, 0.3) is 0 Å². The fraction of sp³-hybridized carbons (Fsp3) is 0.533. The first-order valence-electron chi connectivity index (χ1n) is 7.17. The second-order valence-corrected chi connectivity index (χ2v) is 6.34. The van der Waals surface area contributed by atoms with E-state index in [2.05, 4.69) is 15.6 Å². The number of halogens is 1. The van der Waals surface area contributed by atoms with Gasteiger partial charge in [0.15, 0.2) is 5.96 Å². The maximum atomic E-state index is 9.01. The predicted molar refractivity (Wildman–Crippen MR) is 92.4 cm³/mol. The van der Waals surface area contributed by atoms with Crippen LogP contribution in [0.5, 0.6) is 0 Å². The first kappa shape index (κ1) is 18.1. The minimum Gasteiger partial charge on any atom is -0.396 e. The van der Waals surface area contributed by atoms with Crippen molar-refractivity contribution in [1.82, 2.24) is 10.6 Å². The highest BCUT2D eigenvalue weighted by atomic mass is 35.5. The Morgan fingerprint density at radius 1 is 1.33 bits per heavy atom. The molecule has 1 unspecified atom stereocenters. The molecule has 0 aromatic heterocycles. The number of guanidine groups is 1. The summed E-state index contributed by atoms with van der Waals surface area (Å²) in [6, 6.07) is 7.85. The number of thioether (sulfide) groups is 1. The van der Waals surface area contributed by atoms with Gasteiger partial charge in [-0.05, 0) is 37.1 Å². The molecule has 1 aromatic rings. The van der Waals surface area contributed by atoms with Crippen molar-refractivity contribution in [2.45, 2.75) is 18.7 Å². The van der Waals surface area contributed by atoms with Crippen LogP contribution in [0.1, 0.15) is 13.8 Å². The van der Waals surface area contributed by atoms with Crippen LogP contribution in [0.25, 0.3) is 0 Å². The normalized spacial score (nSPS) is 13.0. The van der Waals surface area contributed by atoms with Gasteiger partial charge in [-0.25, -0.2) is 0 Å². The van der Waals surface area contributed by atoms with Gasteiger partial charge in [0.1, 0.15) is 0 Å². The van der Waals surface area contributed by atoms with Crippen molar-refractivity contribution < 1.29 is 5.11 Å². The zero-order chi connectivity index (χ0) is 15.5. The predicted octanol–water partition coefficient (Wildman–Crippen LogP) is 2.62. The summed E-state index contributed by atoms with van der Waals surface area (Å²) >= 11 is 7.63. The number of aliphatic hydroxyl groups excluding tert-OH is 1. The van der Waals surface area contributed by atoms with Crippen LogP contribution in [0, 0.1) is 5.92 Å². The van der Waals surface area contributed by atoms with E-state index in [-0.39, 0.29) is 12.5 Å². The molecule has 1 atom stereocenters. The Morgan fingerprint density at radius 3 is 2.67 bits per heavy atom. The van der Waals surface area contributed by atoms with E-state index in [1.807, 2.05) is 38.1 Å². The van der Waals surface area contributed by atoms with Crippen LogP contribution in [0.15, 0.2) is 34.2 Å². The molecular weight excluding hydrogens is 306 g/mol. The van der Waals surface area contributed by atoms with Gasteiger partial charge >= 0.3 is 0 Å². The molecule has 0 aliphatic carbocycles. The van der Waals surface area contributed by atoms with Crippen molar-refractivity contribution in [3.8, 4) is 0 Å². The lowest BCUT2D eigenvalue weighted by molar-refractivity contribution is 0.241. The van der Waals surface area contributed by atoms with E-state index in [0.717, 1.165) is 29.8 Å². The Hall–Kier alpha value is -0.910. The summed E-state index contributed by atoms with van der Waals surface area (Å²) < 4.78 is 0. The van der Waals surface area contributed by atoms with E-state index >= 15 is 0 Å². The number of rotatable bonds is 8. The monoisotopic (exact) mass is 329 g/mol. The van der Waals surface area contributed by atoms with E-state index in [1.54, 1.807) is 11.8 Å². The second kappa shape index (κ2) is 10.8. The molecule has 6 heteroatoms. The standard InChI is InChI=1S/C15H24ClN3OS/c1-3-17-15(19-10-12(2)11-20)18-8-9-21-14-6-4-13(16)5-7-14/h4-7,12,20H,3,8-11H2,1-2H3,(H2,17,18,19). The lowest BCUT2D eigenvalue weighted by Crippen LogP contribution is -2.38. The molecule has 1 aromatic carbocycles. The van der Waals surface area contributed by atoms with Gasteiger partial charge < -0.3 is 15.7 Å². The fourth-order valence-electron chi connectivity index (χ4n) is 1.52. The van der Waals surface area contributed by atoms with Crippen molar-refractivity contribution in [3.05, 3.63) is 29.3 Å². The molecule has 0 fully saturated rings. The van der Waals surface area contributed by atoms with Gasteiger partial charge in [-0.1, -0.05) is 18.5 Å². The summed E-state index contributed by atoms with van der Waals surface area (Å²) in [5.74, 6) is 1.93. The molecule has 0 saturated heterocycles. The van der Waals surface area contributed by atoms with Crippen LogP contribution in [0.4, 0.5) is 0 Å². The van der Waals surface area contributed by atoms with E-state index < -0.39 is 0 Å². The molecule has 0 radical (unpaired) electrons. The Kier molecular flexibility index (Phi) is 9.30. The van der Waals surface area contributed by atoms with Crippen molar-refractivity contribution >= 4 is 29.3 Å². The Morgan fingerprint density at radius 2 is 2.05 bits per heavy atom. The van der Waals surface area contributed by atoms with Gasteiger partial charge in [0.2, 0.25) is 0 Å². The Labute approximate surface area is 136 Å². The molecule has 0 heterocycles. The van der Waals surface area contributed by atoms with Crippen LogP contribution >= 0.6 is 23.4 Å². The van der Waals surface area contributed by atoms with Crippen molar-refractivity contribution in [2.24, 2.45) is 10.9 Å². The molecule has 0 aliphatic rings. The molecule has 4 nitrogen and oxygen atoms in total. The third-order valence-corrected chi connectivity index (χ3v) is 3.96. The minimum atomic E-state index is 0.162. The zero-order valence-corrected chi connectivity index (χ0v) is 14.2. The highest BCUT2D eigenvalue weighted by Gasteiger charge is 2.01. The maximum absolute atomic E-state index is 9.01. The van der Waals surface area contributed by atoms with E-state index in [9.17, 15) is 0 Å². The van der Waals surface area contributed by atoms with E-state index in [0.29, 0.717) is 6.54 Å². The second-order valence-electron chi connectivity index (χ2n) is 4.74. The highest BCUT2D eigenvalue weighted by molar-refractivity contribution is 7.99. The van der Waals surface area contributed by atoms with Gasteiger partial charge in [-0.3, -0.25) is 4.99 Å². The number of aliphatic imine (C=N–C) groups is 1. The molecule has 21 heavy (non-hydrogen) atoms. The minimum absolute atomic E-state index is 0.162. The van der Waals surface area contributed by atoms with Crippen LogP contribution in [-0.2, 0) is 0 Å². The van der Waals surface area contributed by atoms with Gasteiger partial charge in [0.05, 0.1) is 0 Å². The molecule has 118 valence electrons. The number of benzene rings is 1. The zero-order valence-electron chi connectivity index (χ0n) is 12.6. The van der Waals surface area contributed by atoms with Gasteiger partial charge in [-0.2, -0.15) is 0 Å². The molecule has 3 N–H and O–H groups in total. The third-order valence-electron chi connectivity index (χ3n) is 2.69. The number of nitrogens with one attached hydrogen (secondary N) is 2. The lowest BCUT2D eigenvalue weighted by atomic mass is 10.2. The summed E-state index contributed by atoms with van der Waals surface area (Å²) in [6.45, 7) is 6.44. The molecule has 1 rings (SSSR count). The number of hydrogen-bond donors (Lipinski definition) is 3. The Bertz CT molecular complexity index is 425. The molecule has 0 spiro atoms. The van der Waals surface area contributed by atoms with E-state index in [1.165, 1.54) is 4.90 Å². The van der Waals surface area contributed by atoms with Crippen LogP contribution in [-0.4, -0.2) is 43.1 Å². The summed E-state index contributed by atoms with van der Waals surface area (Å²) in [7, 11) is 0. The van der Waals surface area contributed by atoms with Gasteiger partial charge in [-0.15, -0.1) is 11.8 Å². The number of hydrogen-bond acceptors (Lipinski definition) is 3. The summed E-state index contributed by atoms with van der Waals surface area (Å²) in [5, 5.41) is 16.3. The number of nitrogens with zero attached hydrogens (tertiary/aromatic N) is 1. The highest BCUT2D eigenvalue weighted by Crippen LogP contribution is 2.19. The lowest BCUT2D eigenvalue weighted by Gasteiger charge is -2.12. The largest absolute Gasteiger partial charge is 0.396 e. The molecular formula is C15H24ClN3OS. The summed E-state index contributed by atoms with van der Waals surface area (Å²) in [4.78, 5) is 5.65. The SMILES string of the molecule is CCNC(=NCC(C)CO)NCCSc1ccc(Cl)cc1. The maximum Gasteiger partial charge on any atom is 0.191 e. The Balaban J connectivity index is 2.31. The first-order valence-corrected chi connectivity index (χ1v) is 8.53. The molecule has 0 saturated carbocycles. The van der Waals surface area contributed by atoms with Crippen LogP contribution < -0.4 is 10.6 Å². The third kappa shape index (κ3) is 8.19. The number of aliphatic hydroxyl groups is 1. The smallest absolute Gasteiger partial charge is 0.191 e.